The van der Waals surface area contributed by atoms with Crippen molar-refractivity contribution in [2.45, 2.75) is 6.92 Å². The molecule has 0 saturated carbocycles. The molecule has 0 unspecified atom stereocenters. The molecule has 3 rings (SSSR count). The van der Waals surface area contributed by atoms with Crippen LogP contribution in [0.3, 0.4) is 0 Å². The van der Waals surface area contributed by atoms with E-state index < -0.39 is 0 Å². The molecular formula is C15H12O2. The topological polar surface area (TPSA) is 22.4 Å². The van der Waals surface area contributed by atoms with Crippen molar-refractivity contribution in [2.24, 2.45) is 0 Å². The molecule has 0 aliphatic carbocycles. The van der Waals surface area contributed by atoms with Gasteiger partial charge in [0.05, 0.1) is 6.26 Å². The van der Waals surface area contributed by atoms with Gasteiger partial charge in [-0.15, -0.1) is 0 Å². The predicted octanol–water partition coefficient (Wildman–Crippen LogP) is 4.53. The quantitative estimate of drug-likeness (QED) is 0.638. The molecule has 0 amide bonds. The van der Waals surface area contributed by atoms with Crippen LogP contribution in [0.1, 0.15) is 5.56 Å². The maximum absolute atomic E-state index is 5.81. The summed E-state index contributed by atoms with van der Waals surface area (Å²) in [5.41, 5.74) is 1.99. The second kappa shape index (κ2) is 3.98. The Morgan fingerprint density at radius 1 is 0.941 bits per heavy atom. The van der Waals surface area contributed by atoms with Crippen LogP contribution in [0.5, 0.6) is 11.5 Å². The Morgan fingerprint density at radius 2 is 1.76 bits per heavy atom. The van der Waals surface area contributed by atoms with Crippen molar-refractivity contribution in [1.29, 1.82) is 0 Å². The minimum absolute atomic E-state index is 0.752. The number of hydrogen-bond acceptors (Lipinski definition) is 2. The smallest absolute Gasteiger partial charge is 0.176 e. The molecule has 0 saturated heterocycles. The molecule has 0 spiro atoms. The average Bonchev–Trinajstić information content (AvgIpc) is 2.84. The van der Waals surface area contributed by atoms with E-state index in [1.807, 2.05) is 48.5 Å². The first-order valence-electron chi connectivity index (χ1n) is 5.54. The van der Waals surface area contributed by atoms with Crippen LogP contribution in [-0.2, 0) is 0 Å². The molecule has 0 aliphatic rings. The molecule has 3 aromatic rings. The number of ether oxygens (including phenoxy) is 1. The highest BCUT2D eigenvalue weighted by Crippen LogP contribution is 2.32. The Kier molecular flexibility index (Phi) is 2.33. The second-order valence-corrected chi connectivity index (χ2v) is 3.96. The van der Waals surface area contributed by atoms with Crippen LogP contribution in [0, 0.1) is 6.92 Å². The van der Waals surface area contributed by atoms with E-state index in [4.69, 9.17) is 9.15 Å². The standard InChI is InChI=1S/C15H12O2/c1-11-7-8-14(15-13(11)9-10-16-15)17-12-5-3-2-4-6-12/h2-10H,1H3. The summed E-state index contributed by atoms with van der Waals surface area (Å²) in [4.78, 5) is 0. The molecule has 0 N–H and O–H groups in total. The highest BCUT2D eigenvalue weighted by molar-refractivity contribution is 5.86. The van der Waals surface area contributed by atoms with Crippen molar-refractivity contribution >= 4 is 11.0 Å². The van der Waals surface area contributed by atoms with E-state index in [1.165, 1.54) is 5.56 Å². The fourth-order valence-electron chi connectivity index (χ4n) is 1.87. The lowest BCUT2D eigenvalue weighted by atomic mass is 10.1. The monoisotopic (exact) mass is 224 g/mol. The lowest BCUT2D eigenvalue weighted by Crippen LogP contribution is -1.85. The third kappa shape index (κ3) is 1.78. The van der Waals surface area contributed by atoms with Crippen molar-refractivity contribution in [3.8, 4) is 11.5 Å². The maximum atomic E-state index is 5.81. The van der Waals surface area contributed by atoms with Gasteiger partial charge in [-0.05, 0) is 36.8 Å². The lowest BCUT2D eigenvalue weighted by Gasteiger charge is -2.06. The summed E-state index contributed by atoms with van der Waals surface area (Å²) in [7, 11) is 0. The van der Waals surface area contributed by atoms with Crippen LogP contribution in [0.4, 0.5) is 0 Å². The minimum atomic E-state index is 0.752. The van der Waals surface area contributed by atoms with Gasteiger partial charge in [0.2, 0.25) is 0 Å². The third-order valence-corrected chi connectivity index (χ3v) is 2.77. The first-order chi connectivity index (χ1) is 8.34. The first kappa shape index (κ1) is 9.97. The normalized spacial score (nSPS) is 10.6. The van der Waals surface area contributed by atoms with Gasteiger partial charge in [-0.1, -0.05) is 24.3 Å². The number of benzene rings is 2. The molecule has 2 nitrogen and oxygen atoms in total. The number of para-hydroxylation sites is 1. The van der Waals surface area contributed by atoms with Gasteiger partial charge < -0.3 is 9.15 Å². The molecule has 0 atom stereocenters. The maximum Gasteiger partial charge on any atom is 0.176 e. The molecule has 0 bridgehead atoms. The second-order valence-electron chi connectivity index (χ2n) is 3.96. The number of fused-ring (bicyclic) bond motifs is 1. The zero-order valence-electron chi connectivity index (χ0n) is 9.51. The van der Waals surface area contributed by atoms with Gasteiger partial charge in [-0.2, -0.15) is 0 Å². The third-order valence-electron chi connectivity index (χ3n) is 2.77. The Morgan fingerprint density at radius 3 is 2.59 bits per heavy atom. The predicted molar refractivity (Wildman–Crippen MR) is 67.5 cm³/mol. The van der Waals surface area contributed by atoms with Crippen LogP contribution in [0.15, 0.2) is 59.2 Å². The molecule has 84 valence electrons. The van der Waals surface area contributed by atoms with E-state index in [-0.39, 0.29) is 0 Å². The van der Waals surface area contributed by atoms with Crippen molar-refractivity contribution in [3.05, 3.63) is 60.4 Å². The lowest BCUT2D eigenvalue weighted by molar-refractivity contribution is 0.472. The highest BCUT2D eigenvalue weighted by Gasteiger charge is 2.08. The van der Waals surface area contributed by atoms with Gasteiger partial charge >= 0.3 is 0 Å². The summed E-state index contributed by atoms with van der Waals surface area (Å²) in [6.07, 6.45) is 1.69. The Balaban J connectivity index is 2.07. The summed E-state index contributed by atoms with van der Waals surface area (Å²) in [5, 5.41) is 1.10. The summed E-state index contributed by atoms with van der Waals surface area (Å²) in [6.45, 7) is 2.06. The molecule has 0 radical (unpaired) electrons. The number of aryl methyl sites for hydroxylation is 1. The van der Waals surface area contributed by atoms with Crippen molar-refractivity contribution in [3.63, 3.8) is 0 Å². The molecule has 0 aliphatic heterocycles. The SMILES string of the molecule is Cc1ccc(Oc2ccccc2)c2occc12. The van der Waals surface area contributed by atoms with Crippen molar-refractivity contribution in [1.82, 2.24) is 0 Å². The number of furan rings is 1. The van der Waals surface area contributed by atoms with Crippen LogP contribution in [-0.4, -0.2) is 0 Å². The van der Waals surface area contributed by atoms with Gasteiger partial charge in [-0.3, -0.25) is 0 Å². The Hall–Kier alpha value is -2.22. The Labute approximate surface area is 99.4 Å². The van der Waals surface area contributed by atoms with Gasteiger partial charge in [0.1, 0.15) is 5.75 Å². The van der Waals surface area contributed by atoms with Crippen LogP contribution in [0.25, 0.3) is 11.0 Å². The summed E-state index contributed by atoms with van der Waals surface area (Å²) < 4.78 is 11.3. The first-order valence-corrected chi connectivity index (χ1v) is 5.54. The molecule has 2 heteroatoms. The fraction of sp³-hybridized carbons (Fsp3) is 0.0667. The minimum Gasteiger partial charge on any atom is -0.460 e. The summed E-state index contributed by atoms with van der Waals surface area (Å²) in [5.74, 6) is 1.57. The van der Waals surface area contributed by atoms with E-state index >= 15 is 0 Å². The van der Waals surface area contributed by atoms with Gasteiger partial charge in [-0.25, -0.2) is 0 Å². The molecule has 17 heavy (non-hydrogen) atoms. The van der Waals surface area contributed by atoms with Crippen LogP contribution < -0.4 is 4.74 Å². The van der Waals surface area contributed by atoms with Crippen LogP contribution in [0.2, 0.25) is 0 Å². The molecule has 1 aromatic heterocycles. The zero-order valence-corrected chi connectivity index (χ0v) is 9.51. The molecule has 2 aromatic carbocycles. The highest BCUT2D eigenvalue weighted by atomic mass is 16.5. The average molecular weight is 224 g/mol. The van der Waals surface area contributed by atoms with Crippen molar-refractivity contribution in [2.75, 3.05) is 0 Å². The summed E-state index contributed by atoms with van der Waals surface area (Å²) in [6, 6.07) is 15.6. The van der Waals surface area contributed by atoms with E-state index in [1.54, 1.807) is 6.26 Å². The fourth-order valence-corrected chi connectivity index (χ4v) is 1.87. The number of hydrogen-bond donors (Lipinski definition) is 0. The van der Waals surface area contributed by atoms with Crippen LogP contribution >= 0.6 is 0 Å². The largest absolute Gasteiger partial charge is 0.460 e. The Bertz CT molecular complexity index is 638. The van der Waals surface area contributed by atoms with Gasteiger partial charge in [0.25, 0.3) is 0 Å². The van der Waals surface area contributed by atoms with E-state index in [2.05, 4.69) is 6.92 Å². The summed E-state index contributed by atoms with van der Waals surface area (Å²) >= 11 is 0. The van der Waals surface area contributed by atoms with E-state index in [9.17, 15) is 0 Å². The molecule has 1 heterocycles. The van der Waals surface area contributed by atoms with E-state index in [0.29, 0.717) is 0 Å². The van der Waals surface area contributed by atoms with Crippen molar-refractivity contribution < 1.29 is 9.15 Å². The molecular weight excluding hydrogens is 212 g/mol. The molecule has 0 fully saturated rings. The number of rotatable bonds is 2. The van der Waals surface area contributed by atoms with E-state index in [0.717, 1.165) is 22.5 Å². The van der Waals surface area contributed by atoms with Gasteiger partial charge in [0.15, 0.2) is 11.3 Å². The van der Waals surface area contributed by atoms with Gasteiger partial charge in [0, 0.05) is 5.39 Å². The zero-order chi connectivity index (χ0) is 11.7.